The van der Waals surface area contributed by atoms with E-state index in [9.17, 15) is 19.2 Å². The zero-order valence-electron chi connectivity index (χ0n) is 20.9. The summed E-state index contributed by atoms with van der Waals surface area (Å²) < 4.78 is 59.5. The highest BCUT2D eigenvalue weighted by molar-refractivity contribution is 5.68. The normalized spacial score (nSPS) is 26.4. The van der Waals surface area contributed by atoms with Crippen molar-refractivity contribution in [1.82, 2.24) is 0 Å². The van der Waals surface area contributed by atoms with Gasteiger partial charge in [0.15, 0.2) is 23.7 Å². The second-order valence-electron chi connectivity index (χ2n) is 6.73. The third kappa shape index (κ3) is 6.84. The van der Waals surface area contributed by atoms with Crippen molar-refractivity contribution in [3.8, 4) is 11.5 Å². The number of carbonyl (C=O) groups excluding carboxylic acids is 4. The van der Waals surface area contributed by atoms with Crippen molar-refractivity contribution < 1.29 is 56.4 Å². The van der Waals surface area contributed by atoms with Crippen LogP contribution in [0, 0.1) is 0 Å². The summed E-state index contributed by atoms with van der Waals surface area (Å²) in [5.41, 5.74) is 0. The summed E-state index contributed by atoms with van der Waals surface area (Å²) in [6, 6.07) is 5.72. The number of benzene rings is 1. The van der Waals surface area contributed by atoms with Crippen LogP contribution < -0.4 is 9.47 Å². The van der Waals surface area contributed by atoms with Crippen LogP contribution in [0.5, 0.6) is 11.5 Å². The SMILES string of the molecule is [2H]C([2H])([2H])Oc1ccccc1O[C@@H]1O[C@H](COC(C)=O)[C@@H](OC(C)=O)[C@H](OC(C)=O)[C@H]1OC(C)=O. The minimum atomic E-state index is -2.80. The van der Waals surface area contributed by atoms with E-state index in [0.29, 0.717) is 0 Å². The van der Waals surface area contributed by atoms with E-state index in [4.69, 9.17) is 37.3 Å². The summed E-state index contributed by atoms with van der Waals surface area (Å²) in [5.74, 6) is -3.35. The Kier molecular flexibility index (Phi) is 7.28. The average Bonchev–Trinajstić information content (AvgIpc) is 2.70. The smallest absolute Gasteiger partial charge is 0.303 e. The number of carbonyl (C=O) groups is 4. The number of para-hydroxylation sites is 2. The third-order valence-electron chi connectivity index (χ3n) is 4.15. The molecule has 1 heterocycles. The quantitative estimate of drug-likeness (QED) is 0.411. The Morgan fingerprint density at radius 2 is 1.41 bits per heavy atom. The molecule has 11 nitrogen and oxygen atoms in total. The molecule has 1 aliphatic heterocycles. The lowest BCUT2D eigenvalue weighted by molar-refractivity contribution is -0.288. The van der Waals surface area contributed by atoms with E-state index in [0.717, 1.165) is 27.7 Å². The van der Waals surface area contributed by atoms with Gasteiger partial charge in [-0.3, -0.25) is 19.2 Å². The number of methoxy groups -OCH3 is 1. The van der Waals surface area contributed by atoms with Gasteiger partial charge in [0.1, 0.15) is 12.7 Å². The lowest BCUT2D eigenvalue weighted by Gasteiger charge is -2.43. The van der Waals surface area contributed by atoms with Crippen LogP contribution >= 0.6 is 0 Å². The molecule has 0 radical (unpaired) electrons. The summed E-state index contributed by atoms with van der Waals surface area (Å²) in [6.07, 6.45) is -7.02. The molecule has 1 saturated heterocycles. The Morgan fingerprint density at radius 3 is 1.97 bits per heavy atom. The minimum Gasteiger partial charge on any atom is -0.493 e. The molecule has 1 fully saturated rings. The molecule has 11 heteroatoms. The van der Waals surface area contributed by atoms with Crippen LogP contribution in [-0.2, 0) is 42.9 Å². The van der Waals surface area contributed by atoms with E-state index in [1.807, 2.05) is 0 Å². The first-order chi connectivity index (χ1) is 16.3. The van der Waals surface area contributed by atoms with E-state index in [2.05, 4.69) is 0 Å². The molecule has 1 aromatic rings. The maximum Gasteiger partial charge on any atom is 0.303 e. The molecule has 2 rings (SSSR count). The van der Waals surface area contributed by atoms with Crippen molar-refractivity contribution in [2.45, 2.75) is 58.4 Å². The van der Waals surface area contributed by atoms with E-state index in [1.54, 1.807) is 0 Å². The number of hydrogen-bond donors (Lipinski definition) is 0. The summed E-state index contributed by atoms with van der Waals surface area (Å²) in [4.78, 5) is 46.9. The van der Waals surface area contributed by atoms with Gasteiger partial charge in [0.05, 0.1) is 11.2 Å². The van der Waals surface area contributed by atoms with E-state index in [1.165, 1.54) is 24.3 Å². The molecule has 176 valence electrons. The Labute approximate surface area is 189 Å². The van der Waals surface area contributed by atoms with Gasteiger partial charge >= 0.3 is 23.9 Å². The molecule has 0 N–H and O–H groups in total. The van der Waals surface area contributed by atoms with Crippen LogP contribution in [0.3, 0.4) is 0 Å². The largest absolute Gasteiger partial charge is 0.493 e. The van der Waals surface area contributed by atoms with E-state index >= 15 is 0 Å². The van der Waals surface area contributed by atoms with Crippen molar-refractivity contribution in [2.24, 2.45) is 0 Å². The average molecular weight is 457 g/mol. The summed E-state index contributed by atoms with van der Waals surface area (Å²) >= 11 is 0. The standard InChI is InChI=1S/C21H26O11/c1-11(22)27-10-17-18(28-12(2)23)19(29-13(3)24)20(30-14(4)25)21(32-17)31-16-9-7-6-8-15(16)26-5/h6-9,17-21H,10H2,1-5H3/t17-,18-,19+,20-,21-/m1/s1/i5D3. The third-order valence-corrected chi connectivity index (χ3v) is 4.15. The minimum absolute atomic E-state index is 0.107. The summed E-state index contributed by atoms with van der Waals surface area (Å²) in [5, 5.41) is 0. The van der Waals surface area contributed by atoms with Gasteiger partial charge in [-0.1, -0.05) is 12.1 Å². The van der Waals surface area contributed by atoms with E-state index in [-0.39, 0.29) is 11.5 Å². The molecule has 0 aliphatic carbocycles. The molecule has 0 bridgehead atoms. The first-order valence-electron chi connectivity index (χ1n) is 11.0. The number of hydrogen-bond acceptors (Lipinski definition) is 11. The van der Waals surface area contributed by atoms with Gasteiger partial charge in [-0.25, -0.2) is 0 Å². The zero-order chi connectivity index (χ0) is 26.3. The highest BCUT2D eigenvalue weighted by Gasteiger charge is 2.53. The van der Waals surface area contributed by atoms with Gasteiger partial charge in [0.25, 0.3) is 0 Å². The Balaban J connectivity index is 2.50. The molecule has 0 aromatic heterocycles. The van der Waals surface area contributed by atoms with Crippen LogP contribution in [-0.4, -0.2) is 68.2 Å². The van der Waals surface area contributed by atoms with E-state index < -0.39 is 68.2 Å². The highest BCUT2D eigenvalue weighted by atomic mass is 16.7. The Bertz CT molecular complexity index is 933. The molecule has 1 aliphatic rings. The molecular weight excluding hydrogens is 428 g/mol. The van der Waals surface area contributed by atoms with Crippen LogP contribution in [0.25, 0.3) is 0 Å². The maximum absolute atomic E-state index is 11.9. The van der Waals surface area contributed by atoms with Crippen molar-refractivity contribution in [1.29, 1.82) is 0 Å². The summed E-state index contributed by atoms with van der Waals surface area (Å²) in [7, 11) is -2.80. The molecule has 0 spiro atoms. The predicted molar refractivity (Wildman–Crippen MR) is 106 cm³/mol. The van der Waals surface area contributed by atoms with Gasteiger partial charge in [-0.15, -0.1) is 0 Å². The second kappa shape index (κ2) is 11.3. The van der Waals surface area contributed by atoms with Crippen molar-refractivity contribution in [3.63, 3.8) is 0 Å². The van der Waals surface area contributed by atoms with Crippen LogP contribution in [0.1, 0.15) is 31.8 Å². The van der Waals surface area contributed by atoms with Gasteiger partial charge in [-0.2, -0.15) is 0 Å². The lowest BCUT2D eigenvalue weighted by atomic mass is 9.98. The van der Waals surface area contributed by atoms with Crippen molar-refractivity contribution >= 4 is 23.9 Å². The zero-order valence-corrected chi connectivity index (χ0v) is 17.9. The van der Waals surface area contributed by atoms with Crippen LogP contribution in [0.2, 0.25) is 0 Å². The van der Waals surface area contributed by atoms with Gasteiger partial charge in [0, 0.05) is 27.7 Å². The van der Waals surface area contributed by atoms with Crippen molar-refractivity contribution in [3.05, 3.63) is 24.3 Å². The first kappa shape index (κ1) is 20.6. The fourth-order valence-corrected chi connectivity index (χ4v) is 3.04. The fourth-order valence-electron chi connectivity index (χ4n) is 3.04. The topological polar surface area (TPSA) is 133 Å². The van der Waals surface area contributed by atoms with Gasteiger partial charge < -0.3 is 33.2 Å². The Hall–Kier alpha value is -3.34. The maximum atomic E-state index is 11.9. The molecular formula is C21H26O11. The predicted octanol–water partition coefficient (Wildman–Crippen LogP) is 1.16. The summed E-state index contributed by atoms with van der Waals surface area (Å²) in [6.45, 7) is 3.97. The molecule has 0 amide bonds. The number of ether oxygens (including phenoxy) is 7. The molecule has 0 unspecified atom stereocenters. The highest BCUT2D eigenvalue weighted by Crippen LogP contribution is 2.34. The Morgan fingerprint density at radius 1 is 0.844 bits per heavy atom. The monoisotopic (exact) mass is 457 g/mol. The lowest BCUT2D eigenvalue weighted by Crippen LogP contribution is -2.63. The molecule has 0 saturated carbocycles. The second-order valence-corrected chi connectivity index (χ2v) is 6.73. The first-order valence-corrected chi connectivity index (χ1v) is 9.52. The number of esters is 4. The van der Waals surface area contributed by atoms with Crippen LogP contribution in [0.4, 0.5) is 0 Å². The number of rotatable bonds is 8. The van der Waals surface area contributed by atoms with Crippen LogP contribution in [0.15, 0.2) is 24.3 Å². The van der Waals surface area contributed by atoms with Crippen molar-refractivity contribution in [2.75, 3.05) is 13.6 Å². The molecule has 1 aromatic carbocycles. The fraction of sp³-hybridized carbons (Fsp3) is 0.524. The van der Waals surface area contributed by atoms with Gasteiger partial charge in [0.2, 0.25) is 12.4 Å². The van der Waals surface area contributed by atoms with Gasteiger partial charge in [-0.05, 0) is 12.1 Å². The molecule has 32 heavy (non-hydrogen) atoms. The molecule has 5 atom stereocenters.